The fourth-order valence-corrected chi connectivity index (χ4v) is 1.75. The first-order valence-corrected chi connectivity index (χ1v) is 5.75. The van der Waals surface area contributed by atoms with Gasteiger partial charge in [-0.25, -0.2) is 0 Å². The molecule has 1 heterocycles. The Bertz CT molecular complexity index is 593. The van der Waals surface area contributed by atoms with Crippen molar-refractivity contribution in [2.45, 2.75) is 12.7 Å². The largest absolute Gasteiger partial charge is 0.481 e. The number of aromatic nitrogens is 2. The number of benzene rings is 1. The zero-order valence-corrected chi connectivity index (χ0v) is 10.2. The second-order valence-electron chi connectivity index (χ2n) is 4.25. The molecule has 0 saturated carbocycles. The first kappa shape index (κ1) is 14.1. The Morgan fingerprint density at radius 3 is 2.45 bits per heavy atom. The lowest BCUT2D eigenvalue weighted by atomic mass is 10.1. The van der Waals surface area contributed by atoms with Crippen molar-refractivity contribution in [1.29, 1.82) is 0 Å². The second-order valence-corrected chi connectivity index (χ2v) is 4.25. The highest BCUT2D eigenvalue weighted by molar-refractivity contribution is 5.70. The lowest BCUT2D eigenvalue weighted by Gasteiger charge is -2.15. The molecular formula is C13H11F3N2O2. The predicted octanol–water partition coefficient (Wildman–Crippen LogP) is 2.81. The molecule has 106 valence electrons. The van der Waals surface area contributed by atoms with Crippen LogP contribution >= 0.6 is 0 Å². The van der Waals surface area contributed by atoms with Gasteiger partial charge in [0.15, 0.2) is 5.92 Å². The first-order valence-electron chi connectivity index (χ1n) is 5.75. The van der Waals surface area contributed by atoms with Gasteiger partial charge >= 0.3 is 12.1 Å². The first-order chi connectivity index (χ1) is 9.38. The minimum atomic E-state index is -4.80. The van der Waals surface area contributed by atoms with Gasteiger partial charge in [0.25, 0.3) is 0 Å². The lowest BCUT2D eigenvalue weighted by Crippen LogP contribution is -2.34. The van der Waals surface area contributed by atoms with Gasteiger partial charge in [0.1, 0.15) is 0 Å². The molecule has 0 aliphatic rings. The Hall–Kier alpha value is -2.31. The van der Waals surface area contributed by atoms with Crippen molar-refractivity contribution in [3.8, 4) is 11.1 Å². The van der Waals surface area contributed by atoms with Gasteiger partial charge in [-0.3, -0.25) is 9.48 Å². The summed E-state index contributed by atoms with van der Waals surface area (Å²) in [4.78, 5) is 10.7. The Balaban J connectivity index is 2.19. The Morgan fingerprint density at radius 1 is 1.25 bits per heavy atom. The molecule has 0 radical (unpaired) electrons. The summed E-state index contributed by atoms with van der Waals surface area (Å²) in [5.74, 6) is -4.37. The molecule has 2 rings (SSSR count). The molecule has 1 atom stereocenters. The predicted molar refractivity (Wildman–Crippen MR) is 64.8 cm³/mol. The molecule has 0 bridgehead atoms. The van der Waals surface area contributed by atoms with Crippen LogP contribution in [0.5, 0.6) is 0 Å². The number of hydrogen-bond acceptors (Lipinski definition) is 2. The van der Waals surface area contributed by atoms with Gasteiger partial charge in [0.2, 0.25) is 0 Å². The van der Waals surface area contributed by atoms with E-state index < -0.39 is 24.6 Å². The van der Waals surface area contributed by atoms with E-state index in [1.165, 1.54) is 12.4 Å². The van der Waals surface area contributed by atoms with Crippen molar-refractivity contribution in [2.24, 2.45) is 5.92 Å². The third-order valence-electron chi connectivity index (χ3n) is 2.80. The standard InChI is InChI=1S/C13H11F3N2O2/c14-13(15,16)11(12(19)20)8-18-7-10(6-17-18)9-4-2-1-3-5-9/h1-7,11H,8H2,(H,19,20). The van der Waals surface area contributed by atoms with E-state index in [0.29, 0.717) is 5.56 Å². The Morgan fingerprint density at radius 2 is 1.90 bits per heavy atom. The molecule has 0 fully saturated rings. The summed E-state index contributed by atoms with van der Waals surface area (Å²) in [6, 6.07) is 8.99. The number of rotatable bonds is 4. The van der Waals surface area contributed by atoms with Crippen LogP contribution in [0, 0.1) is 5.92 Å². The van der Waals surface area contributed by atoms with E-state index in [0.717, 1.165) is 10.2 Å². The van der Waals surface area contributed by atoms with Crippen molar-refractivity contribution < 1.29 is 23.1 Å². The topological polar surface area (TPSA) is 55.1 Å². The lowest BCUT2D eigenvalue weighted by molar-refractivity contribution is -0.196. The third-order valence-corrected chi connectivity index (χ3v) is 2.80. The maximum Gasteiger partial charge on any atom is 0.404 e. The highest BCUT2D eigenvalue weighted by Gasteiger charge is 2.45. The number of alkyl halides is 3. The minimum Gasteiger partial charge on any atom is -0.481 e. The number of carboxylic acid groups (broad SMARTS) is 1. The van der Waals surface area contributed by atoms with Crippen molar-refractivity contribution >= 4 is 5.97 Å². The summed E-state index contributed by atoms with van der Waals surface area (Å²) < 4.78 is 38.7. The minimum absolute atomic E-state index is 0.636. The molecular weight excluding hydrogens is 273 g/mol. The average Bonchev–Trinajstić information content (AvgIpc) is 2.84. The van der Waals surface area contributed by atoms with E-state index in [1.54, 1.807) is 24.3 Å². The van der Waals surface area contributed by atoms with E-state index in [9.17, 15) is 18.0 Å². The number of aliphatic carboxylic acids is 1. The van der Waals surface area contributed by atoms with Gasteiger partial charge in [-0.15, -0.1) is 0 Å². The summed E-state index contributed by atoms with van der Waals surface area (Å²) in [5, 5.41) is 12.4. The molecule has 0 amide bonds. The van der Waals surface area contributed by atoms with Gasteiger partial charge in [0.05, 0.1) is 12.7 Å². The van der Waals surface area contributed by atoms with Gasteiger partial charge in [-0.2, -0.15) is 18.3 Å². The number of nitrogens with zero attached hydrogens (tertiary/aromatic N) is 2. The van der Waals surface area contributed by atoms with E-state index in [-0.39, 0.29) is 0 Å². The number of halogens is 3. The Kier molecular flexibility index (Phi) is 3.78. The molecule has 0 saturated heterocycles. The van der Waals surface area contributed by atoms with Crippen LogP contribution in [0.2, 0.25) is 0 Å². The van der Waals surface area contributed by atoms with Crippen molar-refractivity contribution in [1.82, 2.24) is 9.78 Å². The van der Waals surface area contributed by atoms with E-state index in [2.05, 4.69) is 5.10 Å². The maximum absolute atomic E-state index is 12.6. The molecule has 7 heteroatoms. The van der Waals surface area contributed by atoms with Crippen LogP contribution in [0.4, 0.5) is 13.2 Å². The normalized spacial score (nSPS) is 13.2. The zero-order valence-electron chi connectivity index (χ0n) is 10.2. The van der Waals surface area contributed by atoms with Crippen LogP contribution < -0.4 is 0 Å². The molecule has 20 heavy (non-hydrogen) atoms. The van der Waals surface area contributed by atoms with Crippen molar-refractivity contribution in [2.75, 3.05) is 0 Å². The monoisotopic (exact) mass is 284 g/mol. The molecule has 1 aromatic carbocycles. The number of carboxylic acids is 1. The molecule has 1 unspecified atom stereocenters. The summed E-state index contributed by atoms with van der Waals surface area (Å²) in [7, 11) is 0. The van der Waals surface area contributed by atoms with Gasteiger partial charge in [-0.05, 0) is 5.56 Å². The quantitative estimate of drug-likeness (QED) is 0.939. The molecule has 0 aliphatic heterocycles. The molecule has 2 aromatic rings. The number of hydrogen-bond donors (Lipinski definition) is 1. The zero-order chi connectivity index (χ0) is 14.8. The van der Waals surface area contributed by atoms with Crippen LogP contribution in [0.3, 0.4) is 0 Å². The fourth-order valence-electron chi connectivity index (χ4n) is 1.75. The van der Waals surface area contributed by atoms with E-state index in [1.807, 2.05) is 6.07 Å². The van der Waals surface area contributed by atoms with Crippen LogP contribution in [0.25, 0.3) is 11.1 Å². The fraction of sp³-hybridized carbons (Fsp3) is 0.231. The summed E-state index contributed by atoms with van der Waals surface area (Å²) in [6.45, 7) is -0.744. The smallest absolute Gasteiger partial charge is 0.404 e. The SMILES string of the molecule is O=C(O)C(Cn1cc(-c2ccccc2)cn1)C(F)(F)F. The van der Waals surface area contributed by atoms with Crippen LogP contribution in [0.1, 0.15) is 0 Å². The molecule has 4 nitrogen and oxygen atoms in total. The van der Waals surface area contributed by atoms with Gasteiger partial charge in [0, 0.05) is 11.8 Å². The van der Waals surface area contributed by atoms with Crippen molar-refractivity contribution in [3.05, 3.63) is 42.7 Å². The van der Waals surface area contributed by atoms with Gasteiger partial charge < -0.3 is 5.11 Å². The second kappa shape index (κ2) is 5.36. The van der Waals surface area contributed by atoms with E-state index >= 15 is 0 Å². The molecule has 0 aliphatic carbocycles. The average molecular weight is 284 g/mol. The summed E-state index contributed by atoms with van der Waals surface area (Å²) >= 11 is 0. The number of carbonyl (C=O) groups is 1. The summed E-state index contributed by atoms with van der Waals surface area (Å²) in [6.07, 6.45) is -1.99. The Labute approximate surface area is 112 Å². The molecule has 1 aromatic heterocycles. The highest BCUT2D eigenvalue weighted by atomic mass is 19.4. The molecule has 1 N–H and O–H groups in total. The van der Waals surface area contributed by atoms with Crippen LogP contribution in [-0.2, 0) is 11.3 Å². The summed E-state index contributed by atoms with van der Waals surface area (Å²) in [5.41, 5.74) is 1.44. The van der Waals surface area contributed by atoms with Crippen LogP contribution in [-0.4, -0.2) is 27.0 Å². The van der Waals surface area contributed by atoms with Crippen molar-refractivity contribution in [3.63, 3.8) is 0 Å². The molecule has 0 spiro atoms. The van der Waals surface area contributed by atoms with Gasteiger partial charge in [-0.1, -0.05) is 30.3 Å². The maximum atomic E-state index is 12.6. The van der Waals surface area contributed by atoms with Crippen LogP contribution in [0.15, 0.2) is 42.7 Å². The highest BCUT2D eigenvalue weighted by Crippen LogP contribution is 2.28. The third kappa shape index (κ3) is 3.17. The van der Waals surface area contributed by atoms with E-state index in [4.69, 9.17) is 5.11 Å².